The second kappa shape index (κ2) is 30.4. The molecule has 0 heterocycles. The van der Waals surface area contributed by atoms with Crippen LogP contribution in [0.2, 0.25) is 0 Å². The van der Waals surface area contributed by atoms with Gasteiger partial charge in [0.05, 0.1) is 64.3 Å². The molecule has 6 nitrogen and oxygen atoms in total. The molecule has 0 bridgehead atoms. The molecular formula is C40H76N2O4. The van der Waals surface area contributed by atoms with Crippen molar-refractivity contribution in [1.29, 1.82) is 0 Å². The van der Waals surface area contributed by atoms with Crippen molar-refractivity contribution in [2.45, 2.75) is 158 Å². The van der Waals surface area contributed by atoms with Crippen molar-refractivity contribution in [2.75, 3.05) is 52.4 Å². The molecule has 0 aliphatic heterocycles. The van der Waals surface area contributed by atoms with Crippen molar-refractivity contribution in [3.8, 4) is 0 Å². The fraction of sp³-hybridized carbons (Fsp3) is 0.800. The lowest BCUT2D eigenvalue weighted by Crippen LogP contribution is -2.50. The minimum atomic E-state index is -1.52. The molecule has 0 radical (unpaired) electrons. The van der Waals surface area contributed by atoms with Crippen molar-refractivity contribution in [3.63, 3.8) is 0 Å². The summed E-state index contributed by atoms with van der Waals surface area (Å²) in [4.78, 5) is 20.6. The summed E-state index contributed by atoms with van der Waals surface area (Å²) >= 11 is 0. The molecule has 1 aromatic rings. The summed E-state index contributed by atoms with van der Waals surface area (Å²) in [6, 6.07) is 5.14. The highest BCUT2D eigenvalue weighted by Gasteiger charge is 2.25. The van der Waals surface area contributed by atoms with Gasteiger partial charge in [-0.2, -0.15) is 0 Å². The number of rotatable bonds is 26. The van der Waals surface area contributed by atoms with Crippen LogP contribution in [-0.4, -0.2) is 73.3 Å². The van der Waals surface area contributed by atoms with Gasteiger partial charge >= 0.3 is 0 Å². The smallest absolute Gasteiger partial charge is 0.0786 e. The predicted octanol–water partition coefficient (Wildman–Crippen LogP) is 8.42. The highest BCUT2D eigenvalue weighted by Crippen LogP contribution is 2.17. The fourth-order valence-electron chi connectivity index (χ4n) is 6.13. The number of benzene rings is 1. The average Bonchev–Trinajstić information content (AvgIpc) is 3.07. The number of carbonyl (C=O) groups is 2. The number of aromatic carboxylic acids is 2. The van der Waals surface area contributed by atoms with E-state index in [1.165, 1.54) is 176 Å². The molecule has 0 unspecified atom stereocenters. The largest absolute Gasteiger partial charge is 0.545 e. The number of hydrogen-bond donors (Lipinski definition) is 0. The first-order valence-corrected chi connectivity index (χ1v) is 19.3. The van der Waals surface area contributed by atoms with Crippen LogP contribution in [0, 0.1) is 0 Å². The lowest BCUT2D eigenvalue weighted by atomic mass is 10.1. The van der Waals surface area contributed by atoms with E-state index in [4.69, 9.17) is 0 Å². The molecule has 6 heteroatoms. The minimum Gasteiger partial charge on any atom is -0.545 e. The average molecular weight is 649 g/mol. The topological polar surface area (TPSA) is 80.3 Å². The number of quaternary nitrogens is 2. The fourth-order valence-corrected chi connectivity index (χ4v) is 6.13. The predicted molar refractivity (Wildman–Crippen MR) is 194 cm³/mol. The van der Waals surface area contributed by atoms with Crippen LogP contribution in [0.15, 0.2) is 24.3 Å². The Morgan fingerprint density at radius 2 is 0.587 bits per heavy atom. The first-order chi connectivity index (χ1) is 22.1. The quantitative estimate of drug-likeness (QED) is 0.0945. The Morgan fingerprint density at radius 1 is 0.413 bits per heavy atom. The molecule has 270 valence electrons. The molecule has 46 heavy (non-hydrogen) atoms. The standard InChI is InChI=1S/2C16H36N.C8H6O4/c2*1-5-9-13-17(14-10-6-2,15-11-7-3)16-12-8-4;9-7(10)5-3-1-2-4-6(5)8(11)12/h2*5-16H2,1-4H3;1-4H,(H,9,10)(H,11,12)/q2*+1;/p-2. The first kappa shape index (κ1) is 46.2. The maximum absolute atomic E-state index is 10.3. The first-order valence-electron chi connectivity index (χ1n) is 19.3. The third-order valence-corrected chi connectivity index (χ3v) is 9.25. The van der Waals surface area contributed by atoms with Crippen LogP contribution in [0.4, 0.5) is 0 Å². The molecule has 0 aliphatic carbocycles. The molecule has 1 aromatic carbocycles. The van der Waals surface area contributed by atoms with Crippen molar-refractivity contribution in [1.82, 2.24) is 0 Å². The summed E-state index contributed by atoms with van der Waals surface area (Å²) in [6.07, 6.45) is 22.1. The second-order valence-electron chi connectivity index (χ2n) is 13.4. The van der Waals surface area contributed by atoms with Crippen LogP contribution in [0.5, 0.6) is 0 Å². The number of unbranched alkanes of at least 4 members (excludes halogenated alkanes) is 8. The van der Waals surface area contributed by atoms with Crippen molar-refractivity contribution in [3.05, 3.63) is 35.4 Å². The third-order valence-electron chi connectivity index (χ3n) is 9.25. The zero-order valence-corrected chi connectivity index (χ0v) is 31.8. The van der Waals surface area contributed by atoms with Gasteiger partial charge in [0.25, 0.3) is 0 Å². The lowest BCUT2D eigenvalue weighted by Gasteiger charge is -2.39. The molecule has 1 rings (SSSR count). The Hall–Kier alpha value is -1.92. The normalized spacial score (nSPS) is 11.3. The zero-order chi connectivity index (χ0) is 35.1. The summed E-state index contributed by atoms with van der Waals surface area (Å²) in [5.74, 6) is -3.04. The van der Waals surface area contributed by atoms with Gasteiger partial charge in [0.1, 0.15) is 0 Å². The number of carboxylic acids is 2. The maximum Gasteiger partial charge on any atom is 0.0786 e. The Kier molecular flexibility index (Phi) is 30.5. The van der Waals surface area contributed by atoms with Gasteiger partial charge in [-0.15, -0.1) is 0 Å². The van der Waals surface area contributed by atoms with E-state index in [0.717, 1.165) is 12.1 Å². The molecule has 0 saturated heterocycles. The SMILES string of the molecule is CCCC[N+](CCCC)(CCCC)CCCC.CCCC[N+](CCCC)(CCCC)CCCC.O=C([O-])c1ccccc1C(=O)[O-]. The van der Waals surface area contributed by atoms with Gasteiger partial charge in [-0.3, -0.25) is 0 Å². The van der Waals surface area contributed by atoms with Crippen LogP contribution in [0.25, 0.3) is 0 Å². The summed E-state index contributed by atoms with van der Waals surface area (Å²) in [5.41, 5.74) is -0.727. The van der Waals surface area contributed by atoms with Gasteiger partial charge in [-0.05, 0) is 51.4 Å². The third kappa shape index (κ3) is 21.8. The van der Waals surface area contributed by atoms with Crippen molar-refractivity contribution >= 4 is 11.9 Å². The summed E-state index contributed by atoms with van der Waals surface area (Å²) < 4.78 is 2.84. The summed E-state index contributed by atoms with van der Waals surface area (Å²) in [5, 5.41) is 20.6. The number of carbonyl (C=O) groups excluding carboxylic acids is 2. The minimum absolute atomic E-state index is 0.363. The molecule has 0 atom stereocenters. The molecular weight excluding hydrogens is 572 g/mol. The van der Waals surface area contributed by atoms with Crippen molar-refractivity contribution in [2.24, 2.45) is 0 Å². The van der Waals surface area contributed by atoms with Crippen LogP contribution in [0.1, 0.15) is 179 Å². The van der Waals surface area contributed by atoms with E-state index in [9.17, 15) is 19.8 Å². The monoisotopic (exact) mass is 649 g/mol. The molecule has 0 aliphatic rings. The molecule has 0 N–H and O–H groups in total. The van der Waals surface area contributed by atoms with E-state index in [2.05, 4.69) is 55.4 Å². The lowest BCUT2D eigenvalue weighted by molar-refractivity contribution is -0.929. The molecule has 0 saturated carbocycles. The summed E-state index contributed by atoms with van der Waals surface area (Å²) in [7, 11) is 0. The highest BCUT2D eigenvalue weighted by atomic mass is 16.4. The van der Waals surface area contributed by atoms with Crippen LogP contribution < -0.4 is 10.2 Å². The zero-order valence-electron chi connectivity index (χ0n) is 31.8. The van der Waals surface area contributed by atoms with Crippen LogP contribution in [0.3, 0.4) is 0 Å². The van der Waals surface area contributed by atoms with E-state index < -0.39 is 11.9 Å². The van der Waals surface area contributed by atoms with Gasteiger partial charge < -0.3 is 28.8 Å². The van der Waals surface area contributed by atoms with E-state index in [0.29, 0.717) is 0 Å². The van der Waals surface area contributed by atoms with Gasteiger partial charge in [-0.25, -0.2) is 0 Å². The Balaban J connectivity index is 0. The highest BCUT2D eigenvalue weighted by molar-refractivity contribution is 5.99. The second-order valence-corrected chi connectivity index (χ2v) is 13.4. The number of nitrogens with zero attached hydrogens (tertiary/aromatic N) is 2. The van der Waals surface area contributed by atoms with Gasteiger partial charge in [-0.1, -0.05) is 131 Å². The summed E-state index contributed by atoms with van der Waals surface area (Å²) in [6.45, 7) is 30.0. The molecule has 0 aromatic heterocycles. The van der Waals surface area contributed by atoms with E-state index in [-0.39, 0.29) is 11.1 Å². The molecule has 0 fully saturated rings. The van der Waals surface area contributed by atoms with Crippen LogP contribution >= 0.6 is 0 Å². The Bertz CT molecular complexity index is 713. The number of carboxylic acid groups (broad SMARTS) is 2. The van der Waals surface area contributed by atoms with Crippen molar-refractivity contribution < 1.29 is 28.8 Å². The van der Waals surface area contributed by atoms with Crippen LogP contribution in [-0.2, 0) is 0 Å². The number of hydrogen-bond acceptors (Lipinski definition) is 4. The van der Waals surface area contributed by atoms with E-state index >= 15 is 0 Å². The van der Waals surface area contributed by atoms with E-state index in [1.54, 1.807) is 0 Å². The molecule has 0 amide bonds. The maximum atomic E-state index is 10.3. The van der Waals surface area contributed by atoms with E-state index in [1.807, 2.05) is 0 Å². The Labute approximate surface area is 286 Å². The molecule has 0 spiro atoms. The van der Waals surface area contributed by atoms with Gasteiger partial charge in [0.2, 0.25) is 0 Å². The van der Waals surface area contributed by atoms with Gasteiger partial charge in [0.15, 0.2) is 0 Å². The van der Waals surface area contributed by atoms with Gasteiger partial charge in [0, 0.05) is 11.1 Å². The Morgan fingerprint density at radius 3 is 0.717 bits per heavy atom.